The predicted octanol–water partition coefficient (Wildman–Crippen LogP) is 5.39. The summed E-state index contributed by atoms with van der Waals surface area (Å²) in [5, 5.41) is 0. The van der Waals surface area contributed by atoms with Crippen molar-refractivity contribution in [2.45, 2.75) is 20.3 Å². The summed E-state index contributed by atoms with van der Waals surface area (Å²) < 4.78 is 25.9. The third-order valence-electron chi connectivity index (χ3n) is 4.11. The van der Waals surface area contributed by atoms with Crippen LogP contribution >= 0.6 is 15.9 Å². The van der Waals surface area contributed by atoms with E-state index < -0.39 is 5.82 Å². The molecule has 134 valence electrons. The Labute approximate surface area is 160 Å². The van der Waals surface area contributed by atoms with Gasteiger partial charge in [-0.2, -0.15) is 0 Å². The second-order valence-corrected chi connectivity index (χ2v) is 6.68. The Morgan fingerprint density at radius 3 is 2.62 bits per heavy atom. The van der Waals surface area contributed by atoms with Gasteiger partial charge in [-0.3, -0.25) is 4.98 Å². The van der Waals surface area contributed by atoms with Crippen LogP contribution in [-0.2, 0) is 6.42 Å². The van der Waals surface area contributed by atoms with E-state index in [-0.39, 0.29) is 5.75 Å². The molecule has 3 rings (SSSR count). The van der Waals surface area contributed by atoms with E-state index in [0.717, 1.165) is 22.3 Å². The van der Waals surface area contributed by atoms with Crippen molar-refractivity contribution in [3.8, 4) is 17.2 Å². The van der Waals surface area contributed by atoms with Gasteiger partial charge in [-0.15, -0.1) is 0 Å². The van der Waals surface area contributed by atoms with Gasteiger partial charge < -0.3 is 9.47 Å². The molecule has 0 fully saturated rings. The van der Waals surface area contributed by atoms with E-state index in [1.54, 1.807) is 31.8 Å². The highest BCUT2D eigenvalue weighted by Crippen LogP contribution is 2.32. The molecule has 0 saturated carbocycles. The zero-order valence-electron chi connectivity index (χ0n) is 14.7. The molecule has 0 aliphatic heterocycles. The van der Waals surface area contributed by atoms with Gasteiger partial charge in [0.1, 0.15) is 10.4 Å². The minimum atomic E-state index is -0.394. The van der Waals surface area contributed by atoms with Crippen LogP contribution in [0.25, 0.3) is 0 Å². The molecule has 0 spiro atoms. The van der Waals surface area contributed by atoms with E-state index in [1.807, 2.05) is 26.0 Å². The zero-order valence-corrected chi connectivity index (χ0v) is 16.3. The van der Waals surface area contributed by atoms with E-state index in [1.165, 1.54) is 6.07 Å². The Balaban J connectivity index is 1.92. The van der Waals surface area contributed by atoms with Crippen molar-refractivity contribution in [1.82, 2.24) is 9.97 Å². The molecule has 0 aliphatic rings. The lowest BCUT2D eigenvalue weighted by molar-refractivity contribution is 0.405. The fraction of sp³-hybridized carbons (Fsp3) is 0.200. The lowest BCUT2D eigenvalue weighted by Gasteiger charge is -2.14. The van der Waals surface area contributed by atoms with Crippen LogP contribution in [0.4, 0.5) is 4.39 Å². The van der Waals surface area contributed by atoms with E-state index in [0.29, 0.717) is 22.5 Å². The molecule has 2 heterocycles. The molecule has 6 heteroatoms. The smallest absolute Gasteiger partial charge is 0.165 e. The molecule has 1 aromatic carbocycles. The number of hydrogen-bond donors (Lipinski definition) is 0. The monoisotopic (exact) mass is 416 g/mol. The predicted molar refractivity (Wildman–Crippen MR) is 101 cm³/mol. The van der Waals surface area contributed by atoms with Crippen LogP contribution in [0.5, 0.6) is 17.2 Å². The van der Waals surface area contributed by atoms with E-state index in [2.05, 4.69) is 25.9 Å². The molecule has 0 bridgehead atoms. The number of hydrogen-bond acceptors (Lipinski definition) is 4. The molecule has 0 atom stereocenters. The number of aryl methyl sites for hydroxylation is 1. The zero-order chi connectivity index (χ0) is 18.7. The molecule has 0 amide bonds. The molecule has 0 radical (unpaired) electrons. The highest BCUT2D eigenvalue weighted by molar-refractivity contribution is 9.10. The SMILES string of the molecule is COc1c(Cc2cncc(Oc3ccc(C)cc3F)c2C)ccnc1Br. The second kappa shape index (κ2) is 7.83. The first-order valence-electron chi connectivity index (χ1n) is 8.04. The van der Waals surface area contributed by atoms with Crippen molar-refractivity contribution in [2.75, 3.05) is 7.11 Å². The minimum absolute atomic E-state index is 0.182. The van der Waals surface area contributed by atoms with Gasteiger partial charge in [-0.05, 0) is 64.7 Å². The number of benzene rings is 1. The topological polar surface area (TPSA) is 44.2 Å². The Bertz CT molecular complexity index is 947. The van der Waals surface area contributed by atoms with Crippen molar-refractivity contribution in [2.24, 2.45) is 0 Å². The van der Waals surface area contributed by atoms with E-state index in [9.17, 15) is 4.39 Å². The largest absolute Gasteiger partial charge is 0.494 e. The summed E-state index contributed by atoms with van der Waals surface area (Å²) in [4.78, 5) is 8.42. The first kappa shape index (κ1) is 18.3. The Kier molecular flexibility index (Phi) is 5.52. The van der Waals surface area contributed by atoms with Gasteiger partial charge in [0.15, 0.2) is 17.3 Å². The lowest BCUT2D eigenvalue weighted by Crippen LogP contribution is -2.00. The van der Waals surface area contributed by atoms with Crippen LogP contribution in [0.3, 0.4) is 0 Å². The normalized spacial score (nSPS) is 10.7. The van der Waals surface area contributed by atoms with Crippen molar-refractivity contribution in [3.63, 3.8) is 0 Å². The summed E-state index contributed by atoms with van der Waals surface area (Å²) in [6.45, 7) is 3.77. The van der Waals surface area contributed by atoms with Gasteiger partial charge >= 0.3 is 0 Å². The number of aromatic nitrogens is 2. The molecule has 0 aliphatic carbocycles. The van der Waals surface area contributed by atoms with Crippen molar-refractivity contribution in [3.05, 3.63) is 75.5 Å². The van der Waals surface area contributed by atoms with E-state index >= 15 is 0 Å². The fourth-order valence-corrected chi connectivity index (χ4v) is 3.19. The standard InChI is InChI=1S/C20H18BrFN2O2/c1-12-4-5-17(16(22)8-12)26-18-11-23-10-15(13(18)2)9-14-6-7-24-20(21)19(14)25-3/h4-8,10-11H,9H2,1-3H3. The number of pyridine rings is 2. The summed E-state index contributed by atoms with van der Waals surface area (Å²) in [6, 6.07) is 6.78. The van der Waals surface area contributed by atoms with Crippen LogP contribution in [0.2, 0.25) is 0 Å². The van der Waals surface area contributed by atoms with Gasteiger partial charge in [-0.1, -0.05) is 6.07 Å². The van der Waals surface area contributed by atoms with Crippen molar-refractivity contribution >= 4 is 15.9 Å². The van der Waals surface area contributed by atoms with Gasteiger partial charge in [0, 0.05) is 24.4 Å². The maximum absolute atomic E-state index is 14.1. The van der Waals surface area contributed by atoms with Crippen LogP contribution in [0.1, 0.15) is 22.3 Å². The van der Waals surface area contributed by atoms with Crippen molar-refractivity contribution < 1.29 is 13.9 Å². The van der Waals surface area contributed by atoms with Gasteiger partial charge in [0.2, 0.25) is 0 Å². The summed E-state index contributed by atoms with van der Waals surface area (Å²) in [7, 11) is 1.61. The Morgan fingerprint density at radius 1 is 1.08 bits per heavy atom. The molecular weight excluding hydrogens is 399 g/mol. The second-order valence-electron chi connectivity index (χ2n) is 5.93. The minimum Gasteiger partial charge on any atom is -0.494 e. The molecule has 0 N–H and O–H groups in total. The third-order valence-corrected chi connectivity index (χ3v) is 4.67. The number of nitrogens with zero attached hydrogens (tertiary/aromatic N) is 2. The quantitative estimate of drug-likeness (QED) is 0.523. The molecule has 2 aromatic heterocycles. The third kappa shape index (κ3) is 3.85. The van der Waals surface area contributed by atoms with Crippen LogP contribution in [0, 0.1) is 19.7 Å². The maximum atomic E-state index is 14.1. The summed E-state index contributed by atoms with van der Waals surface area (Å²) >= 11 is 3.39. The van der Waals surface area contributed by atoms with E-state index in [4.69, 9.17) is 9.47 Å². The van der Waals surface area contributed by atoms with Gasteiger partial charge in [0.25, 0.3) is 0 Å². The van der Waals surface area contributed by atoms with Gasteiger partial charge in [0.05, 0.1) is 13.3 Å². The summed E-state index contributed by atoms with van der Waals surface area (Å²) in [5.74, 6) is 0.997. The summed E-state index contributed by atoms with van der Waals surface area (Å²) in [5.41, 5.74) is 3.67. The number of methoxy groups -OCH3 is 1. The molecular formula is C20H18BrFN2O2. The summed E-state index contributed by atoms with van der Waals surface area (Å²) in [6.07, 6.45) is 5.68. The average Bonchev–Trinajstić information content (AvgIpc) is 2.61. The fourth-order valence-electron chi connectivity index (χ4n) is 2.65. The number of halogens is 2. The van der Waals surface area contributed by atoms with Gasteiger partial charge in [-0.25, -0.2) is 9.37 Å². The first-order valence-corrected chi connectivity index (χ1v) is 8.83. The maximum Gasteiger partial charge on any atom is 0.165 e. The van der Waals surface area contributed by atoms with Crippen LogP contribution < -0.4 is 9.47 Å². The molecule has 0 saturated heterocycles. The highest BCUT2D eigenvalue weighted by Gasteiger charge is 2.14. The molecule has 0 unspecified atom stereocenters. The first-order chi connectivity index (χ1) is 12.5. The Morgan fingerprint density at radius 2 is 1.88 bits per heavy atom. The number of ether oxygens (including phenoxy) is 2. The average molecular weight is 417 g/mol. The van der Waals surface area contributed by atoms with Crippen LogP contribution in [0.15, 0.2) is 47.5 Å². The molecule has 3 aromatic rings. The Hall–Kier alpha value is -2.47. The number of rotatable bonds is 5. The van der Waals surface area contributed by atoms with Crippen molar-refractivity contribution in [1.29, 1.82) is 0 Å². The lowest BCUT2D eigenvalue weighted by atomic mass is 10.0. The molecule has 26 heavy (non-hydrogen) atoms. The highest BCUT2D eigenvalue weighted by atomic mass is 79.9. The molecule has 4 nitrogen and oxygen atoms in total. The van der Waals surface area contributed by atoms with Crippen LogP contribution in [-0.4, -0.2) is 17.1 Å².